The minimum absolute atomic E-state index is 0.0317. The van der Waals surface area contributed by atoms with Gasteiger partial charge in [0.2, 0.25) is 0 Å². The summed E-state index contributed by atoms with van der Waals surface area (Å²) in [5, 5.41) is 10.7. The fourth-order valence-corrected chi connectivity index (χ4v) is 4.23. The molecule has 1 N–H and O–H groups in total. The highest BCUT2D eigenvalue weighted by Crippen LogP contribution is 2.39. The molecule has 2 heterocycles. The highest BCUT2D eigenvalue weighted by Gasteiger charge is 2.42. The van der Waals surface area contributed by atoms with Crippen LogP contribution < -0.4 is 9.47 Å². The molecule has 2 aliphatic rings. The predicted octanol–water partition coefficient (Wildman–Crippen LogP) is 3.43. The van der Waals surface area contributed by atoms with Crippen molar-refractivity contribution in [2.45, 2.75) is 30.7 Å². The van der Waals surface area contributed by atoms with E-state index >= 15 is 0 Å². The molecule has 10 heteroatoms. The van der Waals surface area contributed by atoms with E-state index in [1.54, 1.807) is 4.90 Å². The van der Waals surface area contributed by atoms with Crippen molar-refractivity contribution in [3.63, 3.8) is 0 Å². The van der Waals surface area contributed by atoms with Crippen molar-refractivity contribution in [3.8, 4) is 11.5 Å². The van der Waals surface area contributed by atoms with Crippen LogP contribution >= 0.6 is 0 Å². The van der Waals surface area contributed by atoms with E-state index in [4.69, 9.17) is 14.2 Å². The lowest BCUT2D eigenvalue weighted by molar-refractivity contribution is -0.185. The standard InChI is InChI=1S/C24H24F3NO6/c1-32-20-11-15(10-16(12-29)21(20)23(31)13-33-14-23)22(30)28-8-6-19(7-9-28)34-18-4-2-17(3-5-18)24(25,26)27/h2-5,10-12,19,31H,6-9,13-14H2,1H3. The number of carbonyl (C=O) groups is 2. The molecule has 2 aromatic rings. The molecule has 34 heavy (non-hydrogen) atoms. The number of hydrogen-bond acceptors (Lipinski definition) is 6. The zero-order valence-corrected chi connectivity index (χ0v) is 18.4. The Labute approximate surface area is 194 Å². The average Bonchev–Trinajstić information content (AvgIpc) is 2.81. The Morgan fingerprint density at radius 1 is 1.18 bits per heavy atom. The fraction of sp³-hybridized carbons (Fsp3) is 0.417. The number of amides is 1. The minimum atomic E-state index is -4.40. The topological polar surface area (TPSA) is 85.3 Å². The summed E-state index contributed by atoms with van der Waals surface area (Å²) in [6.07, 6.45) is -3.07. The first-order chi connectivity index (χ1) is 16.1. The van der Waals surface area contributed by atoms with Gasteiger partial charge in [-0.05, 0) is 36.4 Å². The van der Waals surface area contributed by atoms with Crippen molar-refractivity contribution in [2.75, 3.05) is 33.4 Å². The Hall–Kier alpha value is -3.11. The Bertz CT molecular complexity index is 1060. The largest absolute Gasteiger partial charge is 0.496 e. The molecule has 0 saturated carbocycles. The number of rotatable bonds is 6. The van der Waals surface area contributed by atoms with E-state index in [9.17, 15) is 27.9 Å². The third-order valence-electron chi connectivity index (χ3n) is 6.09. The maximum Gasteiger partial charge on any atom is 0.416 e. The highest BCUT2D eigenvalue weighted by molar-refractivity contribution is 5.97. The summed E-state index contributed by atoms with van der Waals surface area (Å²) < 4.78 is 54.4. The Kier molecular flexibility index (Phi) is 6.55. The predicted molar refractivity (Wildman–Crippen MR) is 114 cm³/mol. The van der Waals surface area contributed by atoms with Crippen LogP contribution in [0.15, 0.2) is 36.4 Å². The van der Waals surface area contributed by atoms with Crippen molar-refractivity contribution < 1.29 is 42.1 Å². The number of nitrogens with zero attached hydrogens (tertiary/aromatic N) is 1. The third-order valence-corrected chi connectivity index (χ3v) is 6.09. The maximum atomic E-state index is 13.1. The SMILES string of the molecule is COc1cc(C(=O)N2CCC(Oc3ccc(C(F)(F)F)cc3)CC2)cc(C=O)c1C1(O)COC1. The zero-order chi connectivity index (χ0) is 24.5. The van der Waals surface area contributed by atoms with Gasteiger partial charge in [-0.15, -0.1) is 0 Å². The molecule has 7 nitrogen and oxygen atoms in total. The molecule has 0 unspecified atom stereocenters. The smallest absolute Gasteiger partial charge is 0.416 e. The molecule has 182 valence electrons. The third kappa shape index (κ3) is 4.74. The van der Waals surface area contributed by atoms with Crippen LogP contribution in [0.3, 0.4) is 0 Å². The molecule has 0 atom stereocenters. The summed E-state index contributed by atoms with van der Waals surface area (Å²) in [6.45, 7) is 0.818. The summed E-state index contributed by atoms with van der Waals surface area (Å²) in [7, 11) is 1.40. The van der Waals surface area contributed by atoms with Gasteiger partial charge in [-0.1, -0.05) is 0 Å². The van der Waals surface area contributed by atoms with Crippen molar-refractivity contribution in [1.82, 2.24) is 4.90 Å². The number of carbonyl (C=O) groups excluding carboxylic acids is 2. The number of hydrogen-bond donors (Lipinski definition) is 1. The van der Waals surface area contributed by atoms with Crippen LogP contribution in [0.2, 0.25) is 0 Å². The molecule has 1 amide bonds. The van der Waals surface area contributed by atoms with Gasteiger partial charge in [-0.2, -0.15) is 13.2 Å². The molecule has 2 aliphatic heterocycles. The summed E-state index contributed by atoms with van der Waals surface area (Å²) in [5.41, 5.74) is -1.36. The quantitative estimate of drug-likeness (QED) is 0.640. The van der Waals surface area contributed by atoms with E-state index in [1.807, 2.05) is 0 Å². The second kappa shape index (κ2) is 9.27. The highest BCUT2D eigenvalue weighted by atomic mass is 19.4. The van der Waals surface area contributed by atoms with Gasteiger partial charge >= 0.3 is 6.18 Å². The van der Waals surface area contributed by atoms with Gasteiger partial charge in [0.15, 0.2) is 6.29 Å². The molecular formula is C24H24F3NO6. The van der Waals surface area contributed by atoms with Crippen LogP contribution in [0.1, 0.15) is 44.7 Å². The maximum absolute atomic E-state index is 13.1. The number of methoxy groups -OCH3 is 1. The summed E-state index contributed by atoms with van der Waals surface area (Å²) in [6, 6.07) is 7.47. The number of ether oxygens (including phenoxy) is 3. The molecule has 0 aliphatic carbocycles. The van der Waals surface area contributed by atoms with Crippen LogP contribution in [-0.4, -0.2) is 61.7 Å². The monoisotopic (exact) mass is 479 g/mol. The van der Waals surface area contributed by atoms with Crippen molar-refractivity contribution in [1.29, 1.82) is 0 Å². The lowest BCUT2D eigenvalue weighted by Gasteiger charge is -2.38. The van der Waals surface area contributed by atoms with Gasteiger partial charge in [0.25, 0.3) is 5.91 Å². The first-order valence-electron chi connectivity index (χ1n) is 10.8. The van der Waals surface area contributed by atoms with Gasteiger partial charge in [0.05, 0.1) is 25.9 Å². The summed E-state index contributed by atoms with van der Waals surface area (Å²) >= 11 is 0. The number of aliphatic hydroxyl groups is 1. The van der Waals surface area contributed by atoms with E-state index in [0.29, 0.717) is 43.5 Å². The molecule has 2 aromatic carbocycles. The van der Waals surface area contributed by atoms with Gasteiger partial charge in [0.1, 0.15) is 23.2 Å². The molecule has 4 rings (SSSR count). The first kappa shape index (κ1) is 24.0. The normalized spacial score (nSPS) is 18.2. The van der Waals surface area contributed by atoms with Crippen LogP contribution in [0.25, 0.3) is 0 Å². The van der Waals surface area contributed by atoms with E-state index in [1.165, 1.54) is 31.4 Å². The second-order valence-electron chi connectivity index (χ2n) is 8.42. The van der Waals surface area contributed by atoms with Crippen molar-refractivity contribution >= 4 is 12.2 Å². The number of likely N-dealkylation sites (tertiary alicyclic amines) is 1. The van der Waals surface area contributed by atoms with Crippen molar-refractivity contribution in [3.05, 3.63) is 58.7 Å². The number of halogens is 3. The average molecular weight is 479 g/mol. The molecule has 0 radical (unpaired) electrons. The lowest BCUT2D eigenvalue weighted by Crippen LogP contribution is -2.47. The molecule has 0 spiro atoms. The fourth-order valence-electron chi connectivity index (χ4n) is 4.23. The number of piperidine rings is 1. The molecule has 2 fully saturated rings. The Morgan fingerprint density at radius 2 is 1.82 bits per heavy atom. The lowest BCUT2D eigenvalue weighted by atomic mass is 9.86. The van der Waals surface area contributed by atoms with Crippen molar-refractivity contribution in [2.24, 2.45) is 0 Å². The van der Waals surface area contributed by atoms with Crippen LogP contribution in [0.4, 0.5) is 13.2 Å². The summed E-state index contributed by atoms with van der Waals surface area (Å²) in [4.78, 5) is 26.4. The van der Waals surface area contributed by atoms with E-state index < -0.39 is 17.3 Å². The number of benzene rings is 2. The van der Waals surface area contributed by atoms with Crippen LogP contribution in [-0.2, 0) is 16.5 Å². The van der Waals surface area contributed by atoms with Gasteiger partial charge < -0.3 is 24.2 Å². The van der Waals surface area contributed by atoms with E-state index in [0.717, 1.165) is 12.1 Å². The minimum Gasteiger partial charge on any atom is -0.496 e. The Balaban J connectivity index is 1.42. The molecular weight excluding hydrogens is 455 g/mol. The summed E-state index contributed by atoms with van der Waals surface area (Å²) in [5.74, 6) is 0.281. The van der Waals surface area contributed by atoms with Crippen LogP contribution in [0.5, 0.6) is 11.5 Å². The molecule has 0 aromatic heterocycles. The van der Waals surface area contributed by atoms with Gasteiger partial charge in [-0.25, -0.2) is 0 Å². The Morgan fingerprint density at radius 3 is 2.32 bits per heavy atom. The first-order valence-corrected chi connectivity index (χ1v) is 10.8. The van der Waals surface area contributed by atoms with Crippen LogP contribution in [0, 0.1) is 0 Å². The number of alkyl halides is 3. The van der Waals surface area contributed by atoms with Gasteiger partial charge in [-0.3, -0.25) is 9.59 Å². The van der Waals surface area contributed by atoms with Gasteiger partial charge in [0, 0.05) is 42.6 Å². The zero-order valence-electron chi connectivity index (χ0n) is 18.4. The molecule has 2 saturated heterocycles. The number of aldehydes is 1. The van der Waals surface area contributed by atoms with E-state index in [-0.39, 0.29) is 42.1 Å². The second-order valence-corrected chi connectivity index (χ2v) is 8.42. The molecule has 0 bridgehead atoms. The van der Waals surface area contributed by atoms with E-state index in [2.05, 4.69) is 0 Å².